The summed E-state index contributed by atoms with van der Waals surface area (Å²) in [5, 5.41) is 1.57. The molecule has 8 nitrogen and oxygen atoms in total. The Bertz CT molecular complexity index is 1290. The first-order valence-electron chi connectivity index (χ1n) is 11.5. The Balaban J connectivity index is 2.35. The fourth-order valence-corrected chi connectivity index (χ4v) is 3.98. The number of nitrogens with zero attached hydrogens (tertiary/aromatic N) is 1. The predicted octanol–water partition coefficient (Wildman–Crippen LogP) is 4.61. The maximum Gasteiger partial charge on any atom is 0.302 e. The minimum absolute atomic E-state index is 0.0171. The fourth-order valence-electron chi connectivity index (χ4n) is 3.98. The molecule has 0 unspecified atom stereocenters. The first-order chi connectivity index (χ1) is 16.8. The van der Waals surface area contributed by atoms with Crippen LogP contribution in [-0.2, 0) is 38.8 Å². The number of aromatic nitrogens is 1. The Hall–Kier alpha value is -3.81. The van der Waals surface area contributed by atoms with E-state index in [0.717, 1.165) is 23.6 Å². The van der Waals surface area contributed by atoms with Crippen molar-refractivity contribution in [1.82, 2.24) is 4.57 Å². The molecule has 0 amide bonds. The summed E-state index contributed by atoms with van der Waals surface area (Å²) in [5.74, 6) is 0.170. The largest absolute Gasteiger partial charge is 0.493 e. The monoisotopic (exact) mass is 481 g/mol. The van der Waals surface area contributed by atoms with Crippen LogP contribution in [0.4, 0.5) is 0 Å². The van der Waals surface area contributed by atoms with Gasteiger partial charge in [0.05, 0.1) is 14.2 Å². The van der Waals surface area contributed by atoms with E-state index in [1.807, 2.05) is 24.3 Å². The van der Waals surface area contributed by atoms with Crippen molar-refractivity contribution in [3.05, 3.63) is 58.0 Å². The van der Waals surface area contributed by atoms with Gasteiger partial charge in [-0.3, -0.25) is 14.4 Å². The number of carbonyl (C=O) groups is 2. The van der Waals surface area contributed by atoms with E-state index in [9.17, 15) is 14.4 Å². The number of ether oxygens (including phenoxy) is 4. The van der Waals surface area contributed by atoms with Crippen molar-refractivity contribution < 1.29 is 28.5 Å². The predicted molar refractivity (Wildman–Crippen MR) is 133 cm³/mol. The summed E-state index contributed by atoms with van der Waals surface area (Å²) in [6.45, 7) is 5.30. The molecule has 0 atom stereocenters. The molecule has 0 aliphatic rings. The topological polar surface area (TPSA) is 93.1 Å². The van der Waals surface area contributed by atoms with Crippen LogP contribution in [0.1, 0.15) is 44.7 Å². The van der Waals surface area contributed by atoms with Gasteiger partial charge < -0.3 is 23.5 Å². The molecule has 0 saturated heterocycles. The Kier molecular flexibility index (Phi) is 8.52. The van der Waals surface area contributed by atoms with Crippen molar-refractivity contribution in [2.45, 2.75) is 53.4 Å². The summed E-state index contributed by atoms with van der Waals surface area (Å²) in [6.07, 6.45) is 3.65. The van der Waals surface area contributed by atoms with Crippen molar-refractivity contribution in [2.24, 2.45) is 0 Å². The zero-order valence-corrected chi connectivity index (χ0v) is 20.8. The number of pyridine rings is 1. The van der Waals surface area contributed by atoms with E-state index >= 15 is 0 Å². The van der Waals surface area contributed by atoms with Crippen LogP contribution in [0.5, 0.6) is 11.5 Å². The minimum atomic E-state index is -0.447. The van der Waals surface area contributed by atoms with E-state index < -0.39 is 11.9 Å². The zero-order valence-electron chi connectivity index (χ0n) is 20.8. The Labute approximate surface area is 204 Å². The number of benzene rings is 2. The highest BCUT2D eigenvalue weighted by atomic mass is 16.5. The SMILES string of the molecule is CCCCn1ccc(-c2c(COC(C)=O)c(COC(C)=O)cc3cc(OC)c(OC)cc23)cc1=O. The van der Waals surface area contributed by atoms with Gasteiger partial charge in [-0.05, 0) is 58.1 Å². The highest BCUT2D eigenvalue weighted by molar-refractivity contribution is 6.01. The van der Waals surface area contributed by atoms with Gasteiger partial charge in [-0.1, -0.05) is 13.3 Å². The number of fused-ring (bicyclic) bond motifs is 1. The average molecular weight is 482 g/mol. The molecular weight excluding hydrogens is 450 g/mol. The highest BCUT2D eigenvalue weighted by Gasteiger charge is 2.20. The summed E-state index contributed by atoms with van der Waals surface area (Å²) >= 11 is 0. The normalized spacial score (nSPS) is 10.8. The molecule has 0 spiro atoms. The maximum atomic E-state index is 12.9. The number of unbranched alkanes of at least 4 members (excludes halogenated alkanes) is 1. The van der Waals surface area contributed by atoms with Gasteiger partial charge in [-0.2, -0.15) is 0 Å². The molecule has 0 aliphatic carbocycles. The summed E-state index contributed by atoms with van der Waals surface area (Å²) in [7, 11) is 3.10. The third-order valence-electron chi connectivity index (χ3n) is 5.73. The van der Waals surface area contributed by atoms with Crippen LogP contribution in [0.2, 0.25) is 0 Å². The van der Waals surface area contributed by atoms with Gasteiger partial charge >= 0.3 is 11.9 Å². The molecule has 3 aromatic rings. The number of aryl methyl sites for hydroxylation is 1. The van der Waals surface area contributed by atoms with Crippen molar-refractivity contribution in [3.8, 4) is 22.6 Å². The number of esters is 2. The van der Waals surface area contributed by atoms with Crippen LogP contribution in [0.25, 0.3) is 21.9 Å². The molecule has 0 bridgehead atoms. The number of hydrogen-bond donors (Lipinski definition) is 0. The first-order valence-corrected chi connectivity index (χ1v) is 11.5. The molecule has 0 saturated carbocycles. The zero-order chi connectivity index (χ0) is 25.5. The molecule has 35 heavy (non-hydrogen) atoms. The Morgan fingerprint density at radius 2 is 1.57 bits per heavy atom. The van der Waals surface area contributed by atoms with E-state index in [4.69, 9.17) is 18.9 Å². The smallest absolute Gasteiger partial charge is 0.302 e. The van der Waals surface area contributed by atoms with Crippen LogP contribution in [0.15, 0.2) is 41.3 Å². The van der Waals surface area contributed by atoms with Crippen molar-refractivity contribution in [1.29, 1.82) is 0 Å². The average Bonchev–Trinajstić information content (AvgIpc) is 2.83. The summed E-state index contributed by atoms with van der Waals surface area (Å²) in [6, 6.07) is 8.97. The standard InChI is InChI=1S/C27H31NO7/c1-6-7-9-28-10-8-19(13-26(28)31)27-22-14-25(33-5)24(32-4)12-20(22)11-21(15-34-17(2)29)23(27)16-35-18(3)30/h8,10-14H,6-7,9,15-16H2,1-5H3. The van der Waals surface area contributed by atoms with Crippen molar-refractivity contribution in [2.75, 3.05) is 14.2 Å². The number of rotatable bonds is 10. The molecule has 3 rings (SSSR count). The molecule has 8 heteroatoms. The van der Waals surface area contributed by atoms with Gasteiger partial charge in [-0.15, -0.1) is 0 Å². The second-order valence-corrected chi connectivity index (χ2v) is 8.18. The molecule has 0 radical (unpaired) electrons. The van der Waals surface area contributed by atoms with Crippen LogP contribution in [0.3, 0.4) is 0 Å². The summed E-state index contributed by atoms with van der Waals surface area (Å²) < 4.78 is 23.4. The third kappa shape index (κ3) is 6.01. The van der Waals surface area contributed by atoms with Crippen LogP contribution >= 0.6 is 0 Å². The van der Waals surface area contributed by atoms with Gasteiger partial charge in [-0.25, -0.2) is 0 Å². The lowest BCUT2D eigenvalue weighted by atomic mass is 9.90. The van der Waals surface area contributed by atoms with E-state index in [0.29, 0.717) is 40.3 Å². The number of carbonyl (C=O) groups excluding carboxylic acids is 2. The molecule has 0 N–H and O–H groups in total. The number of methoxy groups -OCH3 is 2. The molecule has 1 heterocycles. The molecule has 1 aromatic heterocycles. The Morgan fingerprint density at radius 3 is 2.17 bits per heavy atom. The van der Waals surface area contributed by atoms with Gasteiger partial charge in [0.25, 0.3) is 5.56 Å². The van der Waals surface area contributed by atoms with Crippen LogP contribution in [-0.4, -0.2) is 30.7 Å². The van der Waals surface area contributed by atoms with E-state index in [-0.39, 0.29) is 18.8 Å². The Morgan fingerprint density at radius 1 is 0.914 bits per heavy atom. The maximum absolute atomic E-state index is 12.9. The van der Waals surface area contributed by atoms with Crippen LogP contribution < -0.4 is 15.0 Å². The lowest BCUT2D eigenvalue weighted by Gasteiger charge is -2.20. The van der Waals surface area contributed by atoms with Gasteiger partial charge in [0.15, 0.2) is 11.5 Å². The second-order valence-electron chi connectivity index (χ2n) is 8.18. The quantitative estimate of drug-likeness (QED) is 0.390. The first kappa shape index (κ1) is 25.8. The van der Waals surface area contributed by atoms with Gasteiger partial charge in [0.1, 0.15) is 13.2 Å². The van der Waals surface area contributed by atoms with Gasteiger partial charge in [0, 0.05) is 38.2 Å². The lowest BCUT2D eigenvalue weighted by Crippen LogP contribution is -2.18. The van der Waals surface area contributed by atoms with E-state index in [1.54, 1.807) is 31.0 Å². The van der Waals surface area contributed by atoms with E-state index in [1.165, 1.54) is 13.8 Å². The molecule has 0 fully saturated rings. The molecule has 0 aliphatic heterocycles. The molecule has 2 aromatic carbocycles. The molecular formula is C27H31NO7. The number of hydrogen-bond acceptors (Lipinski definition) is 7. The summed E-state index contributed by atoms with van der Waals surface area (Å²) in [5.41, 5.74) is 2.53. The molecule has 186 valence electrons. The fraction of sp³-hybridized carbons (Fsp3) is 0.370. The summed E-state index contributed by atoms with van der Waals surface area (Å²) in [4.78, 5) is 36.2. The lowest BCUT2D eigenvalue weighted by molar-refractivity contribution is -0.143. The second kappa shape index (κ2) is 11.6. The van der Waals surface area contributed by atoms with E-state index in [2.05, 4.69) is 6.92 Å². The third-order valence-corrected chi connectivity index (χ3v) is 5.73. The van der Waals surface area contributed by atoms with Crippen LogP contribution in [0, 0.1) is 0 Å². The van der Waals surface area contributed by atoms with Gasteiger partial charge in [0.2, 0.25) is 0 Å². The minimum Gasteiger partial charge on any atom is -0.493 e. The highest BCUT2D eigenvalue weighted by Crippen LogP contribution is 2.40. The van der Waals surface area contributed by atoms with Crippen molar-refractivity contribution >= 4 is 22.7 Å². The van der Waals surface area contributed by atoms with Crippen molar-refractivity contribution in [3.63, 3.8) is 0 Å².